The largest absolute Gasteiger partial charge is 0.493 e. The Hall–Kier alpha value is -4.18. The molecule has 10 heteroatoms. The van der Waals surface area contributed by atoms with Crippen LogP contribution in [0.4, 0.5) is 0 Å². The van der Waals surface area contributed by atoms with Crippen molar-refractivity contribution in [2.75, 3.05) is 13.7 Å². The van der Waals surface area contributed by atoms with E-state index in [9.17, 15) is 14.4 Å². The van der Waals surface area contributed by atoms with Crippen LogP contribution in [0.15, 0.2) is 63.5 Å². The molecule has 0 fully saturated rings. The van der Waals surface area contributed by atoms with E-state index in [1.165, 1.54) is 29.9 Å². The Morgan fingerprint density at radius 3 is 2.46 bits per heavy atom. The lowest BCUT2D eigenvalue weighted by Gasteiger charge is -2.25. The van der Waals surface area contributed by atoms with Crippen molar-refractivity contribution in [3.63, 3.8) is 0 Å². The molecule has 1 atom stereocenters. The first-order valence-electron chi connectivity index (χ1n) is 12.5. The lowest BCUT2D eigenvalue weighted by molar-refractivity contribution is -0.139. The Bertz CT molecular complexity index is 1610. The van der Waals surface area contributed by atoms with Crippen LogP contribution in [0.3, 0.4) is 0 Å². The summed E-state index contributed by atoms with van der Waals surface area (Å²) in [6.07, 6.45) is 1.67. The highest BCUT2D eigenvalue weighted by atomic mass is 32.1. The first-order valence-corrected chi connectivity index (χ1v) is 13.3. The molecule has 0 saturated carbocycles. The number of esters is 2. The molecule has 1 aromatic heterocycles. The summed E-state index contributed by atoms with van der Waals surface area (Å²) in [5, 5.41) is 0. The number of fused-ring (bicyclic) bond motifs is 1. The number of carbonyl (C=O) groups excluding carboxylic acids is 2. The van der Waals surface area contributed by atoms with Crippen molar-refractivity contribution >= 4 is 29.4 Å². The number of ether oxygens (including phenoxy) is 4. The Labute approximate surface area is 229 Å². The van der Waals surface area contributed by atoms with E-state index < -0.39 is 18.0 Å². The molecule has 9 nitrogen and oxygen atoms in total. The topological polar surface area (TPSA) is 105 Å². The van der Waals surface area contributed by atoms with Gasteiger partial charge >= 0.3 is 11.9 Å². The normalized spacial score (nSPS) is 15.1. The molecule has 0 amide bonds. The fraction of sp³-hybridized carbons (Fsp3) is 0.310. The molecule has 2 heterocycles. The van der Waals surface area contributed by atoms with Crippen molar-refractivity contribution in [3.05, 3.63) is 84.5 Å². The second-order valence-corrected chi connectivity index (χ2v) is 10.1. The van der Waals surface area contributed by atoms with E-state index in [0.29, 0.717) is 37.8 Å². The molecule has 0 radical (unpaired) electrons. The standard InChI is InChI=1S/C29H30N2O7S/c1-7-36-28(34)25-17(4)30-29-31(26(25)20-10-13-22(37-16(2)3)23(15-20)35-6)27(33)24(39-29)14-19-8-11-21(12-9-19)38-18(5)32/h8-16,26H,7H2,1-6H3/b24-14+/t26-/m1/s1. The highest BCUT2D eigenvalue weighted by Crippen LogP contribution is 2.36. The summed E-state index contributed by atoms with van der Waals surface area (Å²) in [6.45, 7) is 8.81. The van der Waals surface area contributed by atoms with Gasteiger partial charge in [0, 0.05) is 6.92 Å². The minimum absolute atomic E-state index is 0.0669. The predicted molar refractivity (Wildman–Crippen MR) is 147 cm³/mol. The fourth-order valence-electron chi connectivity index (χ4n) is 4.26. The zero-order valence-electron chi connectivity index (χ0n) is 22.6. The number of hydrogen-bond acceptors (Lipinski definition) is 9. The van der Waals surface area contributed by atoms with Crippen LogP contribution in [0.5, 0.6) is 17.2 Å². The minimum atomic E-state index is -0.782. The van der Waals surface area contributed by atoms with Crippen molar-refractivity contribution < 1.29 is 28.5 Å². The van der Waals surface area contributed by atoms with Crippen LogP contribution in [-0.2, 0) is 14.3 Å². The Morgan fingerprint density at radius 1 is 1.13 bits per heavy atom. The number of carbonyl (C=O) groups is 2. The third-order valence-corrected chi connectivity index (χ3v) is 6.81. The number of methoxy groups -OCH3 is 1. The van der Waals surface area contributed by atoms with E-state index in [1.807, 2.05) is 19.9 Å². The predicted octanol–water partition coefficient (Wildman–Crippen LogP) is 3.52. The van der Waals surface area contributed by atoms with E-state index in [1.54, 1.807) is 56.3 Å². The molecule has 39 heavy (non-hydrogen) atoms. The van der Waals surface area contributed by atoms with E-state index in [0.717, 1.165) is 5.56 Å². The molecular weight excluding hydrogens is 520 g/mol. The van der Waals surface area contributed by atoms with Crippen LogP contribution in [0, 0.1) is 0 Å². The SMILES string of the molecule is CCOC(=O)C1=C(C)N=c2s/c(=C/c3ccc(OC(C)=O)cc3)c(=O)n2[C@@H]1c1ccc(OC(C)C)c(OC)c1. The quantitative estimate of drug-likeness (QED) is 0.312. The van der Waals surface area contributed by atoms with Gasteiger partial charge in [0.1, 0.15) is 5.75 Å². The van der Waals surface area contributed by atoms with Gasteiger partial charge in [0.25, 0.3) is 5.56 Å². The Kier molecular flexibility index (Phi) is 8.35. The molecule has 1 aliphatic heterocycles. The average Bonchev–Trinajstić information content (AvgIpc) is 3.18. The molecule has 1 aliphatic rings. The van der Waals surface area contributed by atoms with Crippen LogP contribution in [-0.4, -0.2) is 36.3 Å². The Balaban J connectivity index is 1.88. The zero-order chi connectivity index (χ0) is 28.3. The molecule has 0 saturated heterocycles. The van der Waals surface area contributed by atoms with Gasteiger partial charge in [-0.25, -0.2) is 9.79 Å². The number of hydrogen-bond donors (Lipinski definition) is 0. The van der Waals surface area contributed by atoms with Crippen LogP contribution < -0.4 is 29.1 Å². The molecule has 204 valence electrons. The van der Waals surface area contributed by atoms with Crippen molar-refractivity contribution in [3.8, 4) is 17.2 Å². The van der Waals surface area contributed by atoms with Gasteiger partial charge in [0.2, 0.25) is 0 Å². The van der Waals surface area contributed by atoms with E-state index in [2.05, 4.69) is 4.99 Å². The van der Waals surface area contributed by atoms with E-state index >= 15 is 0 Å². The number of nitrogens with zero attached hydrogens (tertiary/aromatic N) is 2. The fourth-order valence-corrected chi connectivity index (χ4v) is 5.31. The van der Waals surface area contributed by atoms with Gasteiger partial charge in [0.05, 0.1) is 41.7 Å². The van der Waals surface area contributed by atoms with Crippen molar-refractivity contribution in [1.29, 1.82) is 0 Å². The first-order chi connectivity index (χ1) is 18.6. The molecule has 0 spiro atoms. The molecule has 3 aromatic rings. The molecule has 0 N–H and O–H groups in total. The monoisotopic (exact) mass is 550 g/mol. The van der Waals surface area contributed by atoms with Gasteiger partial charge in [-0.15, -0.1) is 0 Å². The van der Waals surface area contributed by atoms with Crippen molar-refractivity contribution in [1.82, 2.24) is 4.57 Å². The summed E-state index contributed by atoms with van der Waals surface area (Å²) in [5.41, 5.74) is 1.84. The molecule has 0 aliphatic carbocycles. The third-order valence-electron chi connectivity index (χ3n) is 5.82. The second kappa shape index (κ2) is 11.7. The highest BCUT2D eigenvalue weighted by molar-refractivity contribution is 7.07. The number of rotatable bonds is 8. The van der Waals surface area contributed by atoms with Crippen molar-refractivity contribution in [2.24, 2.45) is 4.99 Å². The number of aromatic nitrogens is 1. The van der Waals surface area contributed by atoms with Gasteiger partial charge in [-0.1, -0.05) is 29.5 Å². The van der Waals surface area contributed by atoms with Crippen molar-refractivity contribution in [2.45, 2.75) is 46.8 Å². The van der Waals surface area contributed by atoms with Crippen LogP contribution in [0.25, 0.3) is 6.08 Å². The van der Waals surface area contributed by atoms with E-state index in [-0.39, 0.29) is 23.8 Å². The summed E-state index contributed by atoms with van der Waals surface area (Å²) in [5.74, 6) is 0.493. The molecule has 0 bridgehead atoms. The summed E-state index contributed by atoms with van der Waals surface area (Å²) in [4.78, 5) is 43.2. The summed E-state index contributed by atoms with van der Waals surface area (Å²) >= 11 is 1.22. The zero-order valence-corrected chi connectivity index (χ0v) is 23.5. The minimum Gasteiger partial charge on any atom is -0.493 e. The number of allylic oxidation sites excluding steroid dienone is 1. The first kappa shape index (κ1) is 27.8. The Morgan fingerprint density at radius 2 is 1.85 bits per heavy atom. The summed E-state index contributed by atoms with van der Waals surface area (Å²) < 4.78 is 23.8. The lowest BCUT2D eigenvalue weighted by Crippen LogP contribution is -2.40. The van der Waals surface area contributed by atoms with Gasteiger partial charge in [0.15, 0.2) is 16.3 Å². The van der Waals surface area contributed by atoms with Crippen LogP contribution in [0.1, 0.15) is 51.8 Å². The molecule has 2 aromatic carbocycles. The highest BCUT2D eigenvalue weighted by Gasteiger charge is 2.34. The average molecular weight is 551 g/mol. The molecular formula is C29H30N2O7S. The lowest BCUT2D eigenvalue weighted by atomic mass is 9.95. The summed E-state index contributed by atoms with van der Waals surface area (Å²) in [6, 6.07) is 11.4. The van der Waals surface area contributed by atoms with Crippen LogP contribution >= 0.6 is 11.3 Å². The van der Waals surface area contributed by atoms with E-state index in [4.69, 9.17) is 18.9 Å². The van der Waals surface area contributed by atoms with Crippen LogP contribution in [0.2, 0.25) is 0 Å². The molecule has 0 unspecified atom stereocenters. The van der Waals surface area contributed by atoms with Gasteiger partial charge in [-0.3, -0.25) is 14.2 Å². The summed E-state index contributed by atoms with van der Waals surface area (Å²) in [7, 11) is 1.54. The molecule has 4 rings (SSSR count). The maximum atomic E-state index is 13.8. The number of benzene rings is 2. The van der Waals surface area contributed by atoms with Gasteiger partial charge in [-0.05, 0) is 69.2 Å². The maximum Gasteiger partial charge on any atom is 0.338 e. The van der Waals surface area contributed by atoms with Gasteiger partial charge in [-0.2, -0.15) is 0 Å². The number of thiazole rings is 1. The van der Waals surface area contributed by atoms with Gasteiger partial charge < -0.3 is 18.9 Å². The third kappa shape index (κ3) is 5.96. The smallest absolute Gasteiger partial charge is 0.338 e. The maximum absolute atomic E-state index is 13.8. The second-order valence-electron chi connectivity index (χ2n) is 9.04.